The van der Waals surface area contributed by atoms with Crippen molar-refractivity contribution < 1.29 is 0 Å². The zero-order chi connectivity index (χ0) is 7.68. The second-order valence-electron chi connectivity index (χ2n) is 2.41. The highest BCUT2D eigenvalue weighted by molar-refractivity contribution is 9.10. The average molecular weight is 231 g/mol. The van der Waals surface area contributed by atoms with Crippen molar-refractivity contribution in [2.45, 2.75) is 12.2 Å². The number of rotatable bonds is 0. The first kappa shape index (κ1) is 7.55. The number of nitrogens with zero attached hydrogens (tertiary/aromatic N) is 2. The topological polar surface area (TPSA) is 25.8 Å². The molecule has 0 bridgehead atoms. The Balaban J connectivity index is 2.43. The van der Waals surface area contributed by atoms with Gasteiger partial charge < -0.3 is 0 Å². The van der Waals surface area contributed by atoms with Crippen LogP contribution in [0.1, 0.15) is 11.3 Å². The molecule has 0 radical (unpaired) electrons. The molecule has 1 aromatic rings. The second-order valence-corrected chi connectivity index (χ2v) is 4.23. The molecular formula is C7H7BrN2S. The number of hydrogen-bond acceptors (Lipinski definition) is 3. The van der Waals surface area contributed by atoms with Crippen molar-refractivity contribution in [2.75, 3.05) is 5.75 Å². The molecule has 58 valence electrons. The summed E-state index contributed by atoms with van der Waals surface area (Å²) < 4.78 is 0.711. The van der Waals surface area contributed by atoms with Gasteiger partial charge in [0.15, 0.2) is 4.73 Å². The summed E-state index contributed by atoms with van der Waals surface area (Å²) in [5.74, 6) is 2.26. The second kappa shape index (κ2) is 3.11. The molecule has 4 heteroatoms. The molecule has 0 spiro atoms. The van der Waals surface area contributed by atoms with Crippen LogP contribution in [0.3, 0.4) is 0 Å². The first-order chi connectivity index (χ1) is 5.36. The molecule has 0 unspecified atom stereocenters. The van der Waals surface area contributed by atoms with Gasteiger partial charge >= 0.3 is 0 Å². The van der Waals surface area contributed by atoms with E-state index < -0.39 is 0 Å². The van der Waals surface area contributed by atoms with Gasteiger partial charge in [0.25, 0.3) is 0 Å². The SMILES string of the molecule is Brc1ncc2c(n1)CCSC2. The zero-order valence-electron chi connectivity index (χ0n) is 5.88. The fourth-order valence-corrected chi connectivity index (χ4v) is 2.37. The highest BCUT2D eigenvalue weighted by atomic mass is 79.9. The van der Waals surface area contributed by atoms with Crippen LogP contribution in [0.2, 0.25) is 0 Å². The van der Waals surface area contributed by atoms with Crippen molar-refractivity contribution in [3.05, 3.63) is 22.2 Å². The average Bonchev–Trinajstić information content (AvgIpc) is 2.04. The molecule has 2 nitrogen and oxygen atoms in total. The third-order valence-electron chi connectivity index (χ3n) is 1.67. The summed E-state index contributed by atoms with van der Waals surface area (Å²) in [6, 6.07) is 0. The molecule has 0 amide bonds. The number of thioether (sulfide) groups is 1. The van der Waals surface area contributed by atoms with E-state index in [9.17, 15) is 0 Å². The minimum Gasteiger partial charge on any atom is -0.230 e. The van der Waals surface area contributed by atoms with Crippen molar-refractivity contribution in [1.82, 2.24) is 9.97 Å². The van der Waals surface area contributed by atoms with Gasteiger partial charge in [0.1, 0.15) is 0 Å². The molecular weight excluding hydrogens is 224 g/mol. The lowest BCUT2D eigenvalue weighted by Gasteiger charge is -2.12. The lowest BCUT2D eigenvalue weighted by Crippen LogP contribution is -2.05. The molecule has 0 N–H and O–H groups in total. The van der Waals surface area contributed by atoms with E-state index in [4.69, 9.17) is 0 Å². The van der Waals surface area contributed by atoms with E-state index in [-0.39, 0.29) is 0 Å². The van der Waals surface area contributed by atoms with Crippen LogP contribution in [0.25, 0.3) is 0 Å². The third-order valence-corrected chi connectivity index (χ3v) is 3.06. The standard InChI is InChI=1S/C7H7BrN2S/c8-7-9-3-5-4-11-2-1-6(5)10-7/h3H,1-2,4H2. The van der Waals surface area contributed by atoms with Crippen LogP contribution in [0.15, 0.2) is 10.9 Å². The summed E-state index contributed by atoms with van der Waals surface area (Å²) in [7, 11) is 0. The van der Waals surface area contributed by atoms with Gasteiger partial charge in [0.05, 0.1) is 0 Å². The first-order valence-electron chi connectivity index (χ1n) is 3.44. The highest BCUT2D eigenvalue weighted by Gasteiger charge is 2.10. The molecule has 0 atom stereocenters. The summed E-state index contributed by atoms with van der Waals surface area (Å²) in [5.41, 5.74) is 2.51. The van der Waals surface area contributed by atoms with Gasteiger partial charge in [-0.1, -0.05) is 0 Å². The normalized spacial score (nSPS) is 16.1. The van der Waals surface area contributed by atoms with Gasteiger partial charge in [-0.15, -0.1) is 0 Å². The van der Waals surface area contributed by atoms with Gasteiger partial charge in [-0.3, -0.25) is 0 Å². The van der Waals surface area contributed by atoms with E-state index in [1.54, 1.807) is 0 Å². The van der Waals surface area contributed by atoms with Crippen LogP contribution in [0.5, 0.6) is 0 Å². The fourth-order valence-electron chi connectivity index (χ4n) is 1.11. The van der Waals surface area contributed by atoms with E-state index in [2.05, 4.69) is 25.9 Å². The summed E-state index contributed by atoms with van der Waals surface area (Å²) in [5, 5.41) is 0. The van der Waals surface area contributed by atoms with Crippen LogP contribution in [0, 0.1) is 0 Å². The van der Waals surface area contributed by atoms with Crippen molar-refractivity contribution >= 4 is 27.7 Å². The number of hydrogen-bond donors (Lipinski definition) is 0. The molecule has 11 heavy (non-hydrogen) atoms. The molecule has 2 heterocycles. The number of aryl methyl sites for hydroxylation is 1. The Morgan fingerprint density at radius 3 is 3.36 bits per heavy atom. The van der Waals surface area contributed by atoms with E-state index in [0.717, 1.165) is 12.2 Å². The minimum atomic E-state index is 0.711. The number of fused-ring (bicyclic) bond motifs is 1. The quantitative estimate of drug-likeness (QED) is 0.639. The van der Waals surface area contributed by atoms with Crippen LogP contribution in [-0.4, -0.2) is 15.7 Å². The van der Waals surface area contributed by atoms with Gasteiger partial charge in [-0.2, -0.15) is 11.8 Å². The van der Waals surface area contributed by atoms with Crippen molar-refractivity contribution in [1.29, 1.82) is 0 Å². The summed E-state index contributed by atoms with van der Waals surface area (Å²) >= 11 is 5.21. The predicted octanol–water partition coefficient (Wildman–Crippen LogP) is 2.03. The Hall–Kier alpha value is -0.0900. The molecule has 2 rings (SSSR count). The monoisotopic (exact) mass is 230 g/mol. The third kappa shape index (κ3) is 1.56. The molecule has 1 aliphatic rings. The lowest BCUT2D eigenvalue weighted by molar-refractivity contribution is 0.932. The maximum atomic E-state index is 4.31. The van der Waals surface area contributed by atoms with Gasteiger partial charge in [-0.25, -0.2) is 9.97 Å². The zero-order valence-corrected chi connectivity index (χ0v) is 8.28. The number of halogens is 1. The van der Waals surface area contributed by atoms with Gasteiger partial charge in [0.2, 0.25) is 0 Å². The Labute approximate surface area is 78.0 Å². The molecule has 1 aliphatic heterocycles. The summed E-state index contributed by atoms with van der Waals surface area (Å²) in [4.78, 5) is 8.39. The summed E-state index contributed by atoms with van der Waals surface area (Å²) in [6.07, 6.45) is 3.00. The van der Waals surface area contributed by atoms with E-state index in [0.29, 0.717) is 4.73 Å². The lowest BCUT2D eigenvalue weighted by atomic mass is 10.2. The molecule has 0 fully saturated rings. The van der Waals surface area contributed by atoms with Gasteiger partial charge in [-0.05, 0) is 28.1 Å². The maximum absolute atomic E-state index is 4.31. The fraction of sp³-hybridized carbons (Fsp3) is 0.429. The predicted molar refractivity (Wildman–Crippen MR) is 49.6 cm³/mol. The first-order valence-corrected chi connectivity index (χ1v) is 5.39. The van der Waals surface area contributed by atoms with Gasteiger partial charge in [0, 0.05) is 23.2 Å². The Kier molecular flexibility index (Phi) is 2.13. The van der Waals surface area contributed by atoms with Crippen molar-refractivity contribution in [3.8, 4) is 0 Å². The molecule has 0 saturated heterocycles. The van der Waals surface area contributed by atoms with E-state index >= 15 is 0 Å². The largest absolute Gasteiger partial charge is 0.230 e. The van der Waals surface area contributed by atoms with E-state index in [1.165, 1.54) is 17.0 Å². The Bertz CT molecular complexity index is 277. The molecule has 0 aromatic carbocycles. The smallest absolute Gasteiger partial charge is 0.196 e. The number of aromatic nitrogens is 2. The molecule has 0 aliphatic carbocycles. The Morgan fingerprint density at radius 2 is 2.45 bits per heavy atom. The van der Waals surface area contributed by atoms with Crippen LogP contribution in [-0.2, 0) is 12.2 Å². The van der Waals surface area contributed by atoms with Crippen molar-refractivity contribution in [3.63, 3.8) is 0 Å². The minimum absolute atomic E-state index is 0.711. The van der Waals surface area contributed by atoms with E-state index in [1.807, 2.05) is 18.0 Å². The summed E-state index contributed by atoms with van der Waals surface area (Å²) in [6.45, 7) is 0. The highest BCUT2D eigenvalue weighted by Crippen LogP contribution is 2.22. The van der Waals surface area contributed by atoms with Crippen LogP contribution in [0.4, 0.5) is 0 Å². The van der Waals surface area contributed by atoms with Crippen molar-refractivity contribution in [2.24, 2.45) is 0 Å². The maximum Gasteiger partial charge on any atom is 0.196 e. The molecule has 1 aromatic heterocycles. The Morgan fingerprint density at radius 1 is 1.55 bits per heavy atom. The molecule has 0 saturated carbocycles. The van der Waals surface area contributed by atoms with Crippen LogP contribution >= 0.6 is 27.7 Å². The van der Waals surface area contributed by atoms with Crippen LogP contribution < -0.4 is 0 Å².